The van der Waals surface area contributed by atoms with Crippen LogP contribution in [-0.4, -0.2) is 15.1 Å². The van der Waals surface area contributed by atoms with E-state index < -0.39 is 0 Å². The molecule has 112 valence electrons. The van der Waals surface area contributed by atoms with Crippen molar-refractivity contribution in [1.29, 1.82) is 0 Å². The molecular formula is C20H16N2O. The fraction of sp³-hybridized carbons (Fsp3) is 0.100. The van der Waals surface area contributed by atoms with Gasteiger partial charge in [-0.25, -0.2) is 0 Å². The van der Waals surface area contributed by atoms with E-state index in [1.54, 1.807) is 12.1 Å². The molecule has 3 aromatic rings. The van der Waals surface area contributed by atoms with Gasteiger partial charge >= 0.3 is 0 Å². The Morgan fingerprint density at radius 2 is 1.48 bits per heavy atom. The number of fused-ring (bicyclic) bond motifs is 2. The minimum absolute atomic E-state index is 0.260. The average molecular weight is 300 g/mol. The largest absolute Gasteiger partial charge is 0.508 e. The third kappa shape index (κ3) is 2.61. The Balaban J connectivity index is 1.97. The molecule has 0 amide bonds. The molecule has 1 aliphatic carbocycles. The van der Waals surface area contributed by atoms with E-state index in [1.807, 2.05) is 36.7 Å². The van der Waals surface area contributed by atoms with E-state index >= 15 is 0 Å². The van der Waals surface area contributed by atoms with E-state index in [0.29, 0.717) is 0 Å². The molecule has 0 saturated heterocycles. The highest BCUT2D eigenvalue weighted by Gasteiger charge is 2.19. The lowest BCUT2D eigenvalue weighted by atomic mass is 10.00. The van der Waals surface area contributed by atoms with Gasteiger partial charge in [0.05, 0.1) is 11.4 Å². The van der Waals surface area contributed by atoms with E-state index in [2.05, 4.69) is 28.2 Å². The number of rotatable bonds is 1. The van der Waals surface area contributed by atoms with Gasteiger partial charge in [-0.05, 0) is 59.9 Å². The van der Waals surface area contributed by atoms with Crippen molar-refractivity contribution >= 4 is 11.6 Å². The van der Waals surface area contributed by atoms with Crippen molar-refractivity contribution < 1.29 is 5.11 Å². The first kappa shape index (κ1) is 13.7. The highest BCUT2D eigenvalue weighted by molar-refractivity contribution is 5.91. The highest BCUT2D eigenvalue weighted by atomic mass is 16.3. The van der Waals surface area contributed by atoms with Crippen LogP contribution < -0.4 is 0 Å². The number of phenolic OH excluding ortho intramolecular Hbond substituents is 1. The Labute approximate surface area is 135 Å². The van der Waals surface area contributed by atoms with Gasteiger partial charge < -0.3 is 5.11 Å². The van der Waals surface area contributed by atoms with Crippen LogP contribution in [0.15, 0.2) is 60.9 Å². The molecule has 1 aromatic carbocycles. The Morgan fingerprint density at radius 1 is 0.826 bits per heavy atom. The molecule has 3 nitrogen and oxygen atoms in total. The maximum absolute atomic E-state index is 9.73. The molecule has 4 rings (SSSR count). The Morgan fingerprint density at radius 3 is 2.09 bits per heavy atom. The second-order valence-corrected chi connectivity index (χ2v) is 5.68. The van der Waals surface area contributed by atoms with Gasteiger partial charge in [-0.15, -0.1) is 0 Å². The van der Waals surface area contributed by atoms with Crippen LogP contribution in [0.1, 0.15) is 28.1 Å². The summed E-state index contributed by atoms with van der Waals surface area (Å²) >= 11 is 0. The molecule has 0 aliphatic heterocycles. The molecule has 0 atom stereocenters. The average Bonchev–Trinajstić information content (AvgIpc) is 2.73. The van der Waals surface area contributed by atoms with Crippen LogP contribution in [0.2, 0.25) is 0 Å². The maximum atomic E-state index is 9.73. The normalized spacial score (nSPS) is 13.0. The van der Waals surface area contributed by atoms with Crippen LogP contribution >= 0.6 is 0 Å². The van der Waals surface area contributed by atoms with E-state index in [-0.39, 0.29) is 5.75 Å². The predicted octanol–water partition coefficient (Wildman–Crippen LogP) is 3.87. The molecule has 0 bridgehead atoms. The zero-order chi connectivity index (χ0) is 15.6. The number of aryl methyl sites for hydroxylation is 2. The van der Waals surface area contributed by atoms with Crippen LogP contribution in [0.3, 0.4) is 0 Å². The van der Waals surface area contributed by atoms with E-state index in [1.165, 1.54) is 11.1 Å². The molecule has 23 heavy (non-hydrogen) atoms. The second kappa shape index (κ2) is 5.69. The number of aromatic nitrogens is 2. The third-order valence-corrected chi connectivity index (χ3v) is 4.14. The van der Waals surface area contributed by atoms with E-state index in [4.69, 9.17) is 0 Å². The van der Waals surface area contributed by atoms with E-state index in [9.17, 15) is 5.11 Å². The number of phenols is 1. The summed E-state index contributed by atoms with van der Waals surface area (Å²) in [5, 5.41) is 9.73. The zero-order valence-electron chi connectivity index (χ0n) is 12.6. The fourth-order valence-electron chi connectivity index (χ4n) is 3.07. The molecule has 0 radical (unpaired) electrons. The molecule has 0 unspecified atom stereocenters. The molecule has 0 spiro atoms. The fourth-order valence-corrected chi connectivity index (χ4v) is 3.07. The van der Waals surface area contributed by atoms with Gasteiger partial charge in [-0.3, -0.25) is 9.97 Å². The lowest BCUT2D eigenvalue weighted by molar-refractivity contribution is 0.475. The van der Waals surface area contributed by atoms with Gasteiger partial charge in [0.15, 0.2) is 0 Å². The number of pyridine rings is 2. The lowest BCUT2D eigenvalue weighted by Crippen LogP contribution is -1.97. The summed E-state index contributed by atoms with van der Waals surface area (Å²) in [5.74, 6) is 0.260. The van der Waals surface area contributed by atoms with Crippen LogP contribution in [0.5, 0.6) is 5.75 Å². The SMILES string of the molecule is Oc1cccc(C=C2c3ncccc3CCc3cccnc32)c1. The Bertz CT molecular complexity index is 850. The summed E-state index contributed by atoms with van der Waals surface area (Å²) in [6.45, 7) is 0. The Hall–Kier alpha value is -2.94. The minimum atomic E-state index is 0.260. The monoisotopic (exact) mass is 300 g/mol. The van der Waals surface area contributed by atoms with Crippen LogP contribution in [-0.2, 0) is 12.8 Å². The summed E-state index contributed by atoms with van der Waals surface area (Å²) in [6.07, 6.45) is 7.62. The highest BCUT2D eigenvalue weighted by Crippen LogP contribution is 2.32. The number of hydrogen-bond acceptors (Lipinski definition) is 3. The molecule has 2 aromatic heterocycles. The maximum Gasteiger partial charge on any atom is 0.116 e. The molecule has 3 heteroatoms. The molecule has 2 heterocycles. The van der Waals surface area contributed by atoms with Crippen molar-refractivity contribution in [3.63, 3.8) is 0 Å². The molecule has 1 N–H and O–H groups in total. The first-order valence-electron chi connectivity index (χ1n) is 7.70. The molecule has 0 fully saturated rings. The smallest absolute Gasteiger partial charge is 0.116 e. The van der Waals surface area contributed by atoms with Gasteiger partial charge in [-0.1, -0.05) is 24.3 Å². The zero-order valence-corrected chi connectivity index (χ0v) is 12.6. The van der Waals surface area contributed by atoms with Crippen molar-refractivity contribution in [3.05, 3.63) is 89.0 Å². The van der Waals surface area contributed by atoms with Crippen LogP contribution in [0.4, 0.5) is 0 Å². The molecule has 1 aliphatic rings. The summed E-state index contributed by atoms with van der Waals surface area (Å²) < 4.78 is 0. The summed E-state index contributed by atoms with van der Waals surface area (Å²) in [7, 11) is 0. The number of hydrogen-bond donors (Lipinski definition) is 1. The Kier molecular flexibility index (Phi) is 3.39. The van der Waals surface area contributed by atoms with Gasteiger partial charge in [0, 0.05) is 18.0 Å². The van der Waals surface area contributed by atoms with Crippen LogP contribution in [0, 0.1) is 0 Å². The first-order chi connectivity index (χ1) is 11.3. The lowest BCUT2D eigenvalue weighted by Gasteiger charge is -2.10. The van der Waals surface area contributed by atoms with E-state index in [0.717, 1.165) is 35.4 Å². The second-order valence-electron chi connectivity index (χ2n) is 5.68. The van der Waals surface area contributed by atoms with Gasteiger partial charge in [0.1, 0.15) is 5.75 Å². The quantitative estimate of drug-likeness (QED) is 0.742. The van der Waals surface area contributed by atoms with Crippen molar-refractivity contribution in [1.82, 2.24) is 9.97 Å². The topological polar surface area (TPSA) is 46.0 Å². The molecule has 0 saturated carbocycles. The van der Waals surface area contributed by atoms with Gasteiger partial charge in [-0.2, -0.15) is 0 Å². The minimum Gasteiger partial charge on any atom is -0.508 e. The van der Waals surface area contributed by atoms with Gasteiger partial charge in [0.2, 0.25) is 0 Å². The number of benzene rings is 1. The van der Waals surface area contributed by atoms with Gasteiger partial charge in [0.25, 0.3) is 0 Å². The summed E-state index contributed by atoms with van der Waals surface area (Å²) in [5.41, 5.74) is 6.38. The first-order valence-corrected chi connectivity index (χ1v) is 7.70. The predicted molar refractivity (Wildman–Crippen MR) is 91.0 cm³/mol. The number of aromatic hydroxyl groups is 1. The third-order valence-electron chi connectivity index (χ3n) is 4.14. The van der Waals surface area contributed by atoms with Crippen molar-refractivity contribution in [2.45, 2.75) is 12.8 Å². The van der Waals surface area contributed by atoms with Crippen LogP contribution in [0.25, 0.3) is 11.6 Å². The standard InChI is InChI=1S/C20H16N2O/c23-17-7-1-4-14(12-17)13-18-19-15(5-2-10-21-19)8-9-16-6-3-11-22-20(16)18/h1-7,10-13,23H,8-9H2. The number of nitrogens with zero attached hydrogens (tertiary/aromatic N) is 2. The van der Waals surface area contributed by atoms with Crippen molar-refractivity contribution in [2.24, 2.45) is 0 Å². The van der Waals surface area contributed by atoms with Crippen molar-refractivity contribution in [2.75, 3.05) is 0 Å². The summed E-state index contributed by atoms with van der Waals surface area (Å²) in [6, 6.07) is 15.5. The molecular weight excluding hydrogens is 284 g/mol. The van der Waals surface area contributed by atoms with Crippen molar-refractivity contribution in [3.8, 4) is 5.75 Å². The summed E-state index contributed by atoms with van der Waals surface area (Å²) in [4.78, 5) is 9.21.